The van der Waals surface area contributed by atoms with Crippen LogP contribution in [0.15, 0.2) is 78.0 Å². The van der Waals surface area contributed by atoms with Crippen LogP contribution in [0.25, 0.3) is 11.0 Å². The number of aromatic amines is 1. The molecule has 2 amide bonds. The fourth-order valence-corrected chi connectivity index (χ4v) is 3.83. The largest absolute Gasteiger partial charge is 0.355 e. The molecule has 30 heavy (non-hydrogen) atoms. The quantitative estimate of drug-likeness (QED) is 0.405. The van der Waals surface area contributed by atoms with Crippen molar-refractivity contribution in [3.8, 4) is 0 Å². The molecular weight excluding hydrogens is 396 g/mol. The van der Waals surface area contributed by atoms with Crippen LogP contribution in [0.5, 0.6) is 0 Å². The van der Waals surface area contributed by atoms with Gasteiger partial charge in [-0.05, 0) is 48.0 Å². The third-order valence-corrected chi connectivity index (χ3v) is 5.51. The Hall–Kier alpha value is -3.58. The molecule has 0 bridgehead atoms. The van der Waals surface area contributed by atoms with E-state index in [0.29, 0.717) is 16.8 Å². The van der Waals surface area contributed by atoms with E-state index in [9.17, 15) is 9.59 Å². The maximum Gasteiger partial charge on any atom is 0.255 e. The van der Waals surface area contributed by atoms with Gasteiger partial charge in [0.25, 0.3) is 11.8 Å². The van der Waals surface area contributed by atoms with Crippen molar-refractivity contribution in [3.05, 3.63) is 89.5 Å². The fraction of sp³-hybridized carbons (Fsp3) is 0.0870. The predicted octanol–water partition coefficient (Wildman–Crippen LogP) is 4.47. The first-order valence-corrected chi connectivity index (χ1v) is 10.4. The monoisotopic (exact) mass is 416 g/mol. The van der Waals surface area contributed by atoms with E-state index >= 15 is 0 Å². The number of rotatable bonds is 6. The van der Waals surface area contributed by atoms with Crippen LogP contribution >= 0.6 is 11.8 Å². The zero-order valence-corrected chi connectivity index (χ0v) is 17.1. The first-order valence-electron chi connectivity index (χ1n) is 9.42. The van der Waals surface area contributed by atoms with Gasteiger partial charge in [0.15, 0.2) is 5.16 Å². The molecule has 150 valence electrons. The van der Waals surface area contributed by atoms with Crippen molar-refractivity contribution in [2.75, 3.05) is 12.4 Å². The lowest BCUT2D eigenvalue weighted by atomic mass is 10.1. The Morgan fingerprint density at radius 3 is 2.50 bits per heavy atom. The van der Waals surface area contributed by atoms with Gasteiger partial charge in [-0.3, -0.25) is 9.59 Å². The highest BCUT2D eigenvalue weighted by Crippen LogP contribution is 2.23. The number of anilines is 1. The first kappa shape index (κ1) is 19.7. The van der Waals surface area contributed by atoms with Gasteiger partial charge in [0.1, 0.15) is 0 Å². The number of imidazole rings is 1. The predicted molar refractivity (Wildman–Crippen MR) is 120 cm³/mol. The Balaban J connectivity index is 1.38. The highest BCUT2D eigenvalue weighted by Gasteiger charge is 2.09. The number of thioether (sulfide) groups is 1. The van der Waals surface area contributed by atoms with Gasteiger partial charge in [0.2, 0.25) is 0 Å². The highest BCUT2D eigenvalue weighted by atomic mass is 32.2. The zero-order valence-electron chi connectivity index (χ0n) is 16.3. The topological polar surface area (TPSA) is 86.9 Å². The van der Waals surface area contributed by atoms with Crippen molar-refractivity contribution in [3.63, 3.8) is 0 Å². The number of fused-ring (bicyclic) bond motifs is 1. The second kappa shape index (κ2) is 8.84. The van der Waals surface area contributed by atoms with Crippen molar-refractivity contribution in [2.24, 2.45) is 0 Å². The van der Waals surface area contributed by atoms with E-state index in [2.05, 4.69) is 20.6 Å². The molecule has 0 spiro atoms. The van der Waals surface area contributed by atoms with Crippen molar-refractivity contribution in [2.45, 2.75) is 10.9 Å². The molecule has 0 aliphatic carbocycles. The summed E-state index contributed by atoms with van der Waals surface area (Å²) in [7, 11) is 1.57. The van der Waals surface area contributed by atoms with E-state index < -0.39 is 0 Å². The summed E-state index contributed by atoms with van der Waals surface area (Å²) in [5.41, 5.74) is 4.69. The van der Waals surface area contributed by atoms with Crippen LogP contribution in [-0.4, -0.2) is 28.8 Å². The minimum absolute atomic E-state index is 0.197. The standard InChI is InChI=1S/C23H20N4O2S/c1-24-21(28)17-5-4-6-18(13-17)25-22(29)16-11-9-15(10-12-16)14-30-23-26-19-7-2-3-8-20(19)27-23/h2-13H,14H2,1H3,(H,24,28)(H,25,29)(H,26,27). The smallest absolute Gasteiger partial charge is 0.255 e. The summed E-state index contributed by atoms with van der Waals surface area (Å²) in [6.45, 7) is 0. The molecule has 0 radical (unpaired) electrons. The number of hydrogen-bond acceptors (Lipinski definition) is 4. The minimum Gasteiger partial charge on any atom is -0.355 e. The molecule has 0 fully saturated rings. The van der Waals surface area contributed by atoms with Gasteiger partial charge in [0.05, 0.1) is 11.0 Å². The van der Waals surface area contributed by atoms with Crippen molar-refractivity contribution in [1.29, 1.82) is 0 Å². The van der Waals surface area contributed by atoms with E-state index in [1.54, 1.807) is 55.2 Å². The van der Waals surface area contributed by atoms with Crippen molar-refractivity contribution < 1.29 is 9.59 Å². The van der Waals surface area contributed by atoms with Crippen LogP contribution < -0.4 is 10.6 Å². The maximum atomic E-state index is 12.5. The Kier molecular flexibility index (Phi) is 5.81. The van der Waals surface area contributed by atoms with Crippen LogP contribution in [0, 0.1) is 0 Å². The summed E-state index contributed by atoms with van der Waals surface area (Å²) < 4.78 is 0. The van der Waals surface area contributed by atoms with Crippen LogP contribution in [0.4, 0.5) is 5.69 Å². The van der Waals surface area contributed by atoms with Gasteiger partial charge >= 0.3 is 0 Å². The zero-order chi connectivity index (χ0) is 20.9. The molecule has 7 heteroatoms. The molecule has 0 aliphatic heterocycles. The van der Waals surface area contributed by atoms with Gasteiger partial charge < -0.3 is 15.6 Å². The number of hydrogen-bond donors (Lipinski definition) is 3. The number of para-hydroxylation sites is 2. The molecule has 0 aliphatic rings. The first-order chi connectivity index (χ1) is 14.6. The number of benzene rings is 3. The number of H-pyrrole nitrogens is 1. The highest BCUT2D eigenvalue weighted by molar-refractivity contribution is 7.98. The number of nitrogens with zero attached hydrogens (tertiary/aromatic N) is 1. The third-order valence-electron chi connectivity index (χ3n) is 4.57. The molecule has 0 saturated carbocycles. The SMILES string of the molecule is CNC(=O)c1cccc(NC(=O)c2ccc(CSc3nc4ccccc4[nH]3)cc2)c1. The summed E-state index contributed by atoms with van der Waals surface area (Å²) >= 11 is 1.62. The lowest BCUT2D eigenvalue weighted by molar-refractivity contribution is 0.0961. The summed E-state index contributed by atoms with van der Waals surface area (Å²) in [6.07, 6.45) is 0. The number of carbonyl (C=O) groups excluding carboxylic acids is 2. The number of nitrogens with one attached hydrogen (secondary N) is 3. The molecule has 6 nitrogen and oxygen atoms in total. The maximum absolute atomic E-state index is 12.5. The molecule has 3 aromatic carbocycles. The lowest BCUT2D eigenvalue weighted by Gasteiger charge is -2.08. The van der Waals surface area contributed by atoms with Crippen molar-refractivity contribution in [1.82, 2.24) is 15.3 Å². The Morgan fingerprint density at radius 1 is 0.933 bits per heavy atom. The molecule has 0 saturated heterocycles. The number of amides is 2. The molecule has 3 N–H and O–H groups in total. The van der Waals surface area contributed by atoms with E-state index in [1.807, 2.05) is 36.4 Å². The molecule has 4 aromatic rings. The molecular formula is C23H20N4O2S. The van der Waals surface area contributed by atoms with Crippen LogP contribution in [-0.2, 0) is 5.75 Å². The molecule has 1 aromatic heterocycles. The van der Waals surface area contributed by atoms with Gasteiger partial charge in [0, 0.05) is 29.6 Å². The number of carbonyl (C=O) groups is 2. The third kappa shape index (κ3) is 4.52. The molecule has 4 rings (SSSR count). The summed E-state index contributed by atoms with van der Waals surface area (Å²) in [5.74, 6) is 0.327. The van der Waals surface area contributed by atoms with E-state index in [0.717, 1.165) is 27.5 Å². The van der Waals surface area contributed by atoms with Crippen LogP contribution in [0.1, 0.15) is 26.3 Å². The summed E-state index contributed by atoms with van der Waals surface area (Å²) in [4.78, 5) is 32.1. The Labute approximate surface area is 178 Å². The van der Waals surface area contributed by atoms with E-state index in [4.69, 9.17) is 0 Å². The summed E-state index contributed by atoms with van der Waals surface area (Å²) in [6, 6.07) is 22.2. The average molecular weight is 417 g/mol. The Morgan fingerprint density at radius 2 is 1.73 bits per heavy atom. The molecule has 0 unspecified atom stereocenters. The van der Waals surface area contributed by atoms with Crippen molar-refractivity contribution >= 4 is 40.3 Å². The molecule has 1 heterocycles. The van der Waals surface area contributed by atoms with E-state index in [-0.39, 0.29) is 11.8 Å². The van der Waals surface area contributed by atoms with Gasteiger partial charge in [-0.1, -0.05) is 42.1 Å². The van der Waals surface area contributed by atoms with Gasteiger partial charge in [-0.25, -0.2) is 4.98 Å². The second-order valence-electron chi connectivity index (χ2n) is 6.66. The fourth-order valence-electron chi connectivity index (χ4n) is 2.99. The summed E-state index contributed by atoms with van der Waals surface area (Å²) in [5, 5.41) is 6.27. The Bertz CT molecular complexity index is 1170. The van der Waals surface area contributed by atoms with E-state index in [1.165, 1.54) is 0 Å². The second-order valence-corrected chi connectivity index (χ2v) is 7.62. The van der Waals surface area contributed by atoms with Crippen LogP contribution in [0.3, 0.4) is 0 Å². The number of aromatic nitrogens is 2. The van der Waals surface area contributed by atoms with Gasteiger partial charge in [-0.2, -0.15) is 0 Å². The van der Waals surface area contributed by atoms with Crippen LogP contribution in [0.2, 0.25) is 0 Å². The normalized spacial score (nSPS) is 10.7. The molecule has 0 atom stereocenters. The average Bonchev–Trinajstić information content (AvgIpc) is 3.20. The minimum atomic E-state index is -0.222. The lowest BCUT2D eigenvalue weighted by Crippen LogP contribution is -2.18. The van der Waals surface area contributed by atoms with Gasteiger partial charge in [-0.15, -0.1) is 0 Å².